The summed E-state index contributed by atoms with van der Waals surface area (Å²) in [5.74, 6) is -2.08. The number of halogens is 3. The minimum absolute atomic E-state index is 0.0981. The average Bonchev–Trinajstić information content (AvgIpc) is 3.21. The molecule has 2 aliphatic carbocycles. The molecule has 0 aromatic rings. The maximum atomic E-state index is 12.9. The molecule has 5 nitrogen and oxygen atoms in total. The van der Waals surface area contributed by atoms with Gasteiger partial charge in [-0.25, -0.2) is 4.79 Å². The average molecular weight is 347 g/mol. The van der Waals surface area contributed by atoms with Crippen LogP contribution in [-0.2, 0) is 4.79 Å². The zero-order valence-electron chi connectivity index (χ0n) is 13.6. The Morgan fingerprint density at radius 1 is 0.958 bits per heavy atom. The van der Waals surface area contributed by atoms with Crippen molar-refractivity contribution in [1.29, 1.82) is 0 Å². The molecule has 136 valence electrons. The third kappa shape index (κ3) is 4.33. The third-order valence-electron chi connectivity index (χ3n) is 5.23. The Kier molecular flexibility index (Phi) is 4.92. The van der Waals surface area contributed by atoms with Crippen molar-refractivity contribution >= 4 is 11.9 Å². The van der Waals surface area contributed by atoms with Crippen LogP contribution in [0.15, 0.2) is 0 Å². The molecule has 8 heteroatoms. The number of hydrogen-bond donors (Lipinski definition) is 2. The van der Waals surface area contributed by atoms with Gasteiger partial charge >= 0.3 is 12.2 Å². The van der Waals surface area contributed by atoms with Gasteiger partial charge in [-0.05, 0) is 38.5 Å². The summed E-state index contributed by atoms with van der Waals surface area (Å²) in [5.41, 5.74) is 0. The van der Waals surface area contributed by atoms with E-state index in [1.807, 2.05) is 0 Å². The van der Waals surface area contributed by atoms with Crippen molar-refractivity contribution in [2.75, 3.05) is 13.1 Å². The molecule has 24 heavy (non-hydrogen) atoms. The second-order valence-electron chi connectivity index (χ2n) is 7.26. The summed E-state index contributed by atoms with van der Waals surface area (Å²) < 4.78 is 38.7. The number of carbonyl (C=O) groups is 2. The van der Waals surface area contributed by atoms with Crippen molar-refractivity contribution < 1.29 is 22.8 Å². The number of nitrogens with zero attached hydrogens (tertiary/aromatic N) is 1. The summed E-state index contributed by atoms with van der Waals surface area (Å²) in [7, 11) is 0. The molecular formula is C16H24F3N3O2. The van der Waals surface area contributed by atoms with E-state index < -0.39 is 18.0 Å². The molecule has 0 aromatic heterocycles. The Hall–Kier alpha value is -1.47. The van der Waals surface area contributed by atoms with Gasteiger partial charge in [-0.15, -0.1) is 0 Å². The van der Waals surface area contributed by atoms with E-state index in [4.69, 9.17) is 0 Å². The van der Waals surface area contributed by atoms with Crippen LogP contribution in [0.3, 0.4) is 0 Å². The first-order valence-corrected chi connectivity index (χ1v) is 8.75. The highest BCUT2D eigenvalue weighted by Crippen LogP contribution is 2.40. The van der Waals surface area contributed by atoms with Gasteiger partial charge in [0.25, 0.3) is 0 Å². The number of urea groups is 1. The first kappa shape index (κ1) is 17.4. The normalized spacial score (nSPS) is 31.0. The van der Waals surface area contributed by atoms with Gasteiger partial charge in [-0.2, -0.15) is 13.2 Å². The molecule has 0 spiro atoms. The van der Waals surface area contributed by atoms with Crippen LogP contribution in [0.1, 0.15) is 44.9 Å². The quantitative estimate of drug-likeness (QED) is 0.824. The molecule has 3 unspecified atom stereocenters. The van der Waals surface area contributed by atoms with Gasteiger partial charge in [0.05, 0.1) is 5.92 Å². The van der Waals surface area contributed by atoms with Gasteiger partial charge in [0.2, 0.25) is 5.91 Å². The van der Waals surface area contributed by atoms with E-state index in [9.17, 15) is 22.8 Å². The van der Waals surface area contributed by atoms with Crippen LogP contribution in [0.5, 0.6) is 0 Å². The van der Waals surface area contributed by atoms with Crippen molar-refractivity contribution in [1.82, 2.24) is 15.5 Å². The Bertz CT molecular complexity index is 493. The van der Waals surface area contributed by atoms with Gasteiger partial charge in [-0.3, -0.25) is 4.79 Å². The lowest BCUT2D eigenvalue weighted by atomic mass is 9.80. The monoisotopic (exact) mass is 347 g/mol. The molecule has 2 saturated carbocycles. The Balaban J connectivity index is 1.47. The molecule has 0 aromatic carbocycles. The standard InChI is InChI=1S/C16H24F3N3O2/c17-16(18,19)11-3-1-2-10(8-11)14(23)22-7-6-13(9-22)21-15(24)20-12-4-5-12/h10-13H,1-9H2,(H2,20,21,24). The van der Waals surface area contributed by atoms with E-state index in [2.05, 4.69) is 10.6 Å². The highest BCUT2D eigenvalue weighted by atomic mass is 19.4. The lowest BCUT2D eigenvalue weighted by Gasteiger charge is -2.32. The van der Waals surface area contributed by atoms with Gasteiger partial charge in [0, 0.05) is 31.1 Å². The summed E-state index contributed by atoms with van der Waals surface area (Å²) in [6.07, 6.45) is -0.552. The molecular weight excluding hydrogens is 323 g/mol. The molecule has 3 amide bonds. The Morgan fingerprint density at radius 2 is 1.67 bits per heavy atom. The fourth-order valence-corrected chi connectivity index (χ4v) is 3.69. The number of amides is 3. The first-order chi connectivity index (χ1) is 11.3. The number of hydrogen-bond acceptors (Lipinski definition) is 2. The van der Waals surface area contributed by atoms with E-state index in [0.29, 0.717) is 32.4 Å². The van der Waals surface area contributed by atoms with Crippen LogP contribution in [0.2, 0.25) is 0 Å². The fraction of sp³-hybridized carbons (Fsp3) is 0.875. The van der Waals surface area contributed by atoms with E-state index in [1.165, 1.54) is 0 Å². The van der Waals surface area contributed by atoms with E-state index in [0.717, 1.165) is 12.8 Å². The van der Waals surface area contributed by atoms with E-state index in [1.54, 1.807) is 4.90 Å². The Morgan fingerprint density at radius 3 is 2.33 bits per heavy atom. The largest absolute Gasteiger partial charge is 0.391 e. The SMILES string of the molecule is O=C(NC1CC1)NC1CCN(C(=O)C2CCCC(C(F)(F)F)C2)C1. The topological polar surface area (TPSA) is 61.4 Å². The molecule has 2 N–H and O–H groups in total. The van der Waals surface area contributed by atoms with Gasteiger partial charge < -0.3 is 15.5 Å². The van der Waals surface area contributed by atoms with Crippen LogP contribution in [-0.4, -0.2) is 48.2 Å². The van der Waals surface area contributed by atoms with Crippen molar-refractivity contribution in [3.8, 4) is 0 Å². The molecule has 1 saturated heterocycles. The zero-order chi connectivity index (χ0) is 17.3. The van der Waals surface area contributed by atoms with Gasteiger partial charge in [0.1, 0.15) is 0 Å². The molecule has 1 aliphatic heterocycles. The summed E-state index contributed by atoms with van der Waals surface area (Å²) in [4.78, 5) is 25.9. The van der Waals surface area contributed by atoms with E-state index >= 15 is 0 Å². The minimum atomic E-state index is -4.21. The minimum Gasteiger partial charge on any atom is -0.340 e. The molecule has 0 bridgehead atoms. The maximum Gasteiger partial charge on any atom is 0.391 e. The maximum absolute atomic E-state index is 12.9. The van der Waals surface area contributed by atoms with Crippen LogP contribution >= 0.6 is 0 Å². The Labute approximate surface area is 139 Å². The summed E-state index contributed by atoms with van der Waals surface area (Å²) in [6, 6.07) is -0.0630. The number of likely N-dealkylation sites (tertiary alicyclic amines) is 1. The zero-order valence-corrected chi connectivity index (χ0v) is 13.6. The summed E-state index contributed by atoms with van der Waals surface area (Å²) in [6.45, 7) is 0.893. The number of carbonyl (C=O) groups excluding carboxylic acids is 2. The van der Waals surface area contributed by atoms with E-state index in [-0.39, 0.29) is 36.9 Å². The third-order valence-corrected chi connectivity index (χ3v) is 5.23. The second-order valence-corrected chi connectivity index (χ2v) is 7.26. The van der Waals surface area contributed by atoms with Crippen molar-refractivity contribution in [3.63, 3.8) is 0 Å². The lowest BCUT2D eigenvalue weighted by molar-refractivity contribution is -0.187. The second kappa shape index (κ2) is 6.80. The van der Waals surface area contributed by atoms with Crippen molar-refractivity contribution in [3.05, 3.63) is 0 Å². The van der Waals surface area contributed by atoms with Crippen LogP contribution in [0.25, 0.3) is 0 Å². The summed E-state index contributed by atoms with van der Waals surface area (Å²) in [5, 5.41) is 5.68. The predicted molar refractivity (Wildman–Crippen MR) is 81.2 cm³/mol. The molecule has 3 fully saturated rings. The molecule has 3 aliphatic rings. The molecule has 0 radical (unpaired) electrons. The number of nitrogens with one attached hydrogen (secondary N) is 2. The van der Waals surface area contributed by atoms with Crippen molar-refractivity contribution in [2.45, 2.75) is 63.2 Å². The van der Waals surface area contributed by atoms with Crippen LogP contribution in [0.4, 0.5) is 18.0 Å². The smallest absolute Gasteiger partial charge is 0.340 e. The highest BCUT2D eigenvalue weighted by Gasteiger charge is 2.44. The van der Waals surface area contributed by atoms with Gasteiger partial charge in [0.15, 0.2) is 0 Å². The first-order valence-electron chi connectivity index (χ1n) is 8.75. The molecule has 1 heterocycles. The fourth-order valence-electron chi connectivity index (χ4n) is 3.69. The van der Waals surface area contributed by atoms with Gasteiger partial charge in [-0.1, -0.05) is 6.42 Å². The number of rotatable bonds is 3. The highest BCUT2D eigenvalue weighted by molar-refractivity contribution is 5.80. The molecule has 3 rings (SSSR count). The lowest BCUT2D eigenvalue weighted by Crippen LogP contribution is -2.45. The van der Waals surface area contributed by atoms with Crippen molar-refractivity contribution in [2.24, 2.45) is 11.8 Å². The molecule has 3 atom stereocenters. The summed E-state index contributed by atoms with van der Waals surface area (Å²) >= 11 is 0. The number of alkyl halides is 3. The van der Waals surface area contributed by atoms with Crippen LogP contribution in [0, 0.1) is 11.8 Å². The van der Waals surface area contributed by atoms with Crippen LogP contribution < -0.4 is 10.6 Å². The predicted octanol–water partition coefficient (Wildman–Crippen LogP) is 2.42.